The van der Waals surface area contributed by atoms with Gasteiger partial charge in [0.15, 0.2) is 23.7 Å². The molecule has 5 atom stereocenters. The van der Waals surface area contributed by atoms with Crippen LogP contribution >= 0.6 is 0 Å². The number of allylic oxidation sites excluding steroid dienone is 2. The lowest BCUT2D eigenvalue weighted by Gasteiger charge is -2.61. The Morgan fingerprint density at radius 3 is 2.43 bits per heavy atom. The SMILES string of the molecule is CCCCCCCC/C=C/CCCCCCCC(=O)O[C@@H](C)C(=O)OC1=CC[C@@]2(O)[C@H]3Cc4ccc(O)c5c4C2(CCN3C)C1O5. The van der Waals surface area contributed by atoms with Gasteiger partial charge in [0.2, 0.25) is 0 Å². The molecule has 4 aliphatic rings. The highest BCUT2D eigenvalue weighted by Gasteiger charge is 2.72. The van der Waals surface area contributed by atoms with E-state index in [1.807, 2.05) is 13.1 Å². The average Bonchev–Trinajstić information content (AvgIpc) is 3.40. The van der Waals surface area contributed by atoms with Crippen LogP contribution in [0.1, 0.15) is 128 Å². The molecular weight excluding hydrogens is 582 g/mol. The van der Waals surface area contributed by atoms with Gasteiger partial charge in [0.05, 0.1) is 11.0 Å². The number of aromatic hydroxyl groups is 1. The predicted molar refractivity (Wildman–Crippen MR) is 178 cm³/mol. The lowest BCUT2D eigenvalue weighted by Crippen LogP contribution is -2.74. The first kappa shape index (κ1) is 34.5. The van der Waals surface area contributed by atoms with Crippen LogP contribution in [0.4, 0.5) is 0 Å². The van der Waals surface area contributed by atoms with Crippen LogP contribution in [-0.4, -0.2) is 64.5 Å². The fourth-order valence-corrected chi connectivity index (χ4v) is 8.28. The Labute approximate surface area is 275 Å². The van der Waals surface area contributed by atoms with E-state index >= 15 is 0 Å². The Balaban J connectivity index is 1.03. The highest BCUT2D eigenvalue weighted by Crippen LogP contribution is 2.65. The van der Waals surface area contributed by atoms with Crippen molar-refractivity contribution in [3.05, 3.63) is 47.2 Å². The van der Waals surface area contributed by atoms with Crippen molar-refractivity contribution < 1.29 is 34.0 Å². The number of hydrogen-bond acceptors (Lipinski definition) is 8. The number of unbranched alkanes of at least 4 members (excludes halogenated alkanes) is 11. The number of likely N-dealkylation sites (tertiary alicyclic amines) is 1. The molecule has 0 radical (unpaired) electrons. The van der Waals surface area contributed by atoms with E-state index in [9.17, 15) is 19.8 Å². The van der Waals surface area contributed by atoms with E-state index in [-0.39, 0.29) is 18.2 Å². The number of benzene rings is 1. The number of ether oxygens (including phenoxy) is 3. The second kappa shape index (κ2) is 15.4. The number of esters is 2. The van der Waals surface area contributed by atoms with Crippen LogP contribution in [-0.2, 0) is 30.9 Å². The van der Waals surface area contributed by atoms with E-state index in [2.05, 4.69) is 24.0 Å². The summed E-state index contributed by atoms with van der Waals surface area (Å²) in [6.45, 7) is 4.52. The molecule has 1 saturated heterocycles. The van der Waals surface area contributed by atoms with E-state index < -0.39 is 35.2 Å². The van der Waals surface area contributed by atoms with E-state index in [0.29, 0.717) is 30.8 Å². The number of carbonyl (C=O) groups excluding carboxylic acids is 2. The summed E-state index contributed by atoms with van der Waals surface area (Å²) in [4.78, 5) is 27.8. The van der Waals surface area contributed by atoms with Gasteiger partial charge in [-0.3, -0.25) is 4.79 Å². The number of aliphatic hydroxyl groups is 1. The lowest BCUT2D eigenvalue weighted by molar-refractivity contribution is -0.175. The molecule has 0 amide bonds. The van der Waals surface area contributed by atoms with E-state index in [4.69, 9.17) is 14.2 Å². The van der Waals surface area contributed by atoms with Gasteiger partial charge < -0.3 is 29.3 Å². The van der Waals surface area contributed by atoms with E-state index in [1.54, 1.807) is 12.1 Å². The number of rotatable bonds is 18. The van der Waals surface area contributed by atoms with Gasteiger partial charge in [-0.1, -0.05) is 76.5 Å². The van der Waals surface area contributed by atoms with E-state index in [1.165, 1.54) is 58.3 Å². The zero-order valence-electron chi connectivity index (χ0n) is 28.2. The monoisotopic (exact) mass is 637 g/mol. The van der Waals surface area contributed by atoms with E-state index in [0.717, 1.165) is 49.8 Å². The Kier molecular flexibility index (Phi) is 11.5. The Morgan fingerprint density at radius 2 is 1.72 bits per heavy atom. The standard InChI is InChI=1S/C38H55NO7/c1-4-5-6-7-8-9-10-11-12-13-14-15-16-17-18-19-32(41)44-27(2)36(42)45-30-22-23-38(43)31-26-28-20-21-29(40)34-33(28)37(38,35(30)46-34)24-25-39(31)3/h11-12,20-22,27,31,35,40,43H,4-10,13-19,23-26H2,1-3H3/b12-11+/t27-,31+,35?,37?,38+/m0/s1. The van der Waals surface area contributed by atoms with Crippen LogP contribution in [0.3, 0.4) is 0 Å². The fourth-order valence-electron chi connectivity index (χ4n) is 8.28. The zero-order valence-corrected chi connectivity index (χ0v) is 28.2. The van der Waals surface area contributed by atoms with Crippen LogP contribution in [0, 0.1) is 0 Å². The topological polar surface area (TPSA) is 106 Å². The summed E-state index contributed by atoms with van der Waals surface area (Å²) in [5, 5.41) is 22.9. The van der Waals surface area contributed by atoms with Crippen LogP contribution < -0.4 is 4.74 Å². The summed E-state index contributed by atoms with van der Waals surface area (Å²) in [6.07, 6.45) is 21.8. The molecule has 2 aliphatic heterocycles. The maximum Gasteiger partial charge on any atom is 0.352 e. The Hall–Kier alpha value is -2.84. The summed E-state index contributed by atoms with van der Waals surface area (Å²) in [6, 6.07) is 3.42. The molecule has 1 spiro atoms. The largest absolute Gasteiger partial charge is 0.504 e. The van der Waals surface area contributed by atoms with Crippen LogP contribution in [0.25, 0.3) is 0 Å². The molecule has 8 nitrogen and oxygen atoms in total. The maximum atomic E-state index is 13.1. The molecule has 1 fully saturated rings. The van der Waals surface area contributed by atoms with Crippen molar-refractivity contribution in [2.75, 3.05) is 13.6 Å². The smallest absolute Gasteiger partial charge is 0.352 e. The summed E-state index contributed by atoms with van der Waals surface area (Å²) in [5.41, 5.74) is -0.0818. The van der Waals surface area contributed by atoms with Gasteiger partial charge in [-0.25, -0.2) is 4.79 Å². The molecule has 46 heavy (non-hydrogen) atoms. The highest BCUT2D eigenvalue weighted by molar-refractivity contribution is 5.80. The molecule has 1 aromatic rings. The molecule has 0 saturated carbocycles. The minimum atomic E-state index is -1.13. The van der Waals surface area contributed by atoms with Crippen molar-refractivity contribution in [2.45, 2.75) is 152 Å². The van der Waals surface area contributed by atoms with Gasteiger partial charge >= 0.3 is 11.9 Å². The van der Waals surface area contributed by atoms with Crippen LogP contribution in [0.2, 0.25) is 0 Å². The molecule has 2 unspecified atom stereocenters. The molecule has 8 heteroatoms. The van der Waals surface area contributed by atoms with Crippen LogP contribution in [0.15, 0.2) is 36.1 Å². The third kappa shape index (κ3) is 6.89. The van der Waals surface area contributed by atoms with Crippen molar-refractivity contribution in [1.29, 1.82) is 0 Å². The Morgan fingerprint density at radius 1 is 1.04 bits per heavy atom. The number of phenols is 1. The average molecular weight is 638 g/mol. The highest BCUT2D eigenvalue weighted by atomic mass is 16.6. The van der Waals surface area contributed by atoms with Crippen molar-refractivity contribution in [1.82, 2.24) is 4.90 Å². The Bertz CT molecular complexity index is 1290. The van der Waals surface area contributed by atoms with Gasteiger partial charge in [0.1, 0.15) is 5.76 Å². The fraction of sp³-hybridized carbons (Fsp3) is 0.684. The lowest BCUT2D eigenvalue weighted by atomic mass is 9.50. The molecular formula is C38H55NO7. The van der Waals surface area contributed by atoms with Gasteiger partial charge in [-0.15, -0.1) is 0 Å². The van der Waals surface area contributed by atoms with Gasteiger partial charge in [-0.05, 0) is 83.2 Å². The number of likely N-dealkylation sites (N-methyl/N-ethyl adjacent to an activating group) is 1. The third-order valence-corrected chi connectivity index (χ3v) is 10.9. The minimum absolute atomic E-state index is 0.0193. The number of piperidine rings is 1. The number of phenolic OH excluding ortho intramolecular Hbond substituents is 1. The number of hydrogen-bond donors (Lipinski definition) is 2. The quantitative estimate of drug-likeness (QED) is 0.0991. The van der Waals surface area contributed by atoms with Crippen LogP contribution in [0.5, 0.6) is 11.5 Å². The summed E-state index contributed by atoms with van der Waals surface area (Å²) < 4.78 is 17.6. The molecule has 2 bridgehead atoms. The van der Waals surface area contributed by atoms with Gasteiger partial charge in [0.25, 0.3) is 0 Å². The first-order valence-electron chi connectivity index (χ1n) is 17.9. The molecule has 2 aliphatic carbocycles. The van der Waals surface area contributed by atoms with Gasteiger partial charge in [-0.2, -0.15) is 0 Å². The van der Waals surface area contributed by atoms with Crippen molar-refractivity contribution in [2.24, 2.45) is 0 Å². The summed E-state index contributed by atoms with van der Waals surface area (Å²) >= 11 is 0. The first-order valence-corrected chi connectivity index (χ1v) is 17.9. The minimum Gasteiger partial charge on any atom is -0.504 e. The molecule has 5 rings (SSSR count). The predicted octanol–water partition coefficient (Wildman–Crippen LogP) is 7.18. The third-order valence-electron chi connectivity index (χ3n) is 10.9. The summed E-state index contributed by atoms with van der Waals surface area (Å²) in [7, 11) is 2.03. The maximum absolute atomic E-state index is 13.1. The first-order chi connectivity index (χ1) is 22.2. The second-order valence-electron chi connectivity index (χ2n) is 14.0. The second-order valence-corrected chi connectivity index (χ2v) is 14.0. The molecule has 2 heterocycles. The molecule has 0 aromatic heterocycles. The van der Waals surface area contributed by atoms with Crippen molar-refractivity contribution in [3.8, 4) is 11.5 Å². The van der Waals surface area contributed by atoms with Gasteiger partial charge in [0, 0.05) is 24.4 Å². The number of carbonyl (C=O) groups is 2. The summed E-state index contributed by atoms with van der Waals surface area (Å²) in [5.74, 6) is -0.382. The number of nitrogens with zero attached hydrogens (tertiary/aromatic N) is 1. The molecule has 1 aromatic carbocycles. The van der Waals surface area contributed by atoms with Crippen molar-refractivity contribution in [3.63, 3.8) is 0 Å². The molecule has 2 N–H and O–H groups in total. The molecule has 254 valence electrons. The normalized spacial score (nSPS) is 26.7. The zero-order chi connectivity index (χ0) is 32.7. The van der Waals surface area contributed by atoms with Crippen molar-refractivity contribution >= 4 is 11.9 Å².